The minimum Gasteiger partial charge on any atom is -0.397 e. The topological polar surface area (TPSA) is 58.4 Å². The molecule has 1 aromatic carbocycles. The highest BCUT2D eigenvalue weighted by Gasteiger charge is 2.13. The van der Waals surface area contributed by atoms with Gasteiger partial charge in [-0.1, -0.05) is 32.4 Å². The Labute approximate surface area is 128 Å². The highest BCUT2D eigenvalue weighted by atomic mass is 16.1. The molecular weight excluding hydrogens is 262 g/mol. The Morgan fingerprint density at radius 1 is 1.29 bits per heavy atom. The number of nitrogen functional groups attached to an aromatic ring is 1. The number of unbranched alkanes of at least 4 members (excludes halogenated alkanes) is 1. The van der Waals surface area contributed by atoms with E-state index in [1.54, 1.807) is 6.07 Å². The minimum absolute atomic E-state index is 0.0256. The van der Waals surface area contributed by atoms with Gasteiger partial charge >= 0.3 is 0 Å². The molecule has 21 heavy (non-hydrogen) atoms. The van der Waals surface area contributed by atoms with E-state index >= 15 is 0 Å². The summed E-state index contributed by atoms with van der Waals surface area (Å²) in [4.78, 5) is 14.5. The predicted octanol–water partition coefficient (Wildman–Crippen LogP) is 3.50. The summed E-state index contributed by atoms with van der Waals surface area (Å²) in [5, 5.41) is 2.89. The van der Waals surface area contributed by atoms with Crippen molar-refractivity contribution in [3.05, 3.63) is 24.3 Å². The van der Waals surface area contributed by atoms with Crippen molar-refractivity contribution in [1.82, 2.24) is 4.90 Å². The molecule has 1 rings (SSSR count). The van der Waals surface area contributed by atoms with E-state index in [1.165, 1.54) is 12.8 Å². The van der Waals surface area contributed by atoms with Crippen LogP contribution in [-0.2, 0) is 4.79 Å². The fourth-order valence-corrected chi connectivity index (χ4v) is 2.24. The van der Waals surface area contributed by atoms with E-state index in [9.17, 15) is 4.79 Å². The fourth-order valence-electron chi connectivity index (χ4n) is 2.24. The number of nitrogens with two attached hydrogens (primary N) is 1. The normalized spacial score (nSPS) is 12.4. The third-order valence-corrected chi connectivity index (χ3v) is 3.87. The van der Waals surface area contributed by atoms with E-state index in [2.05, 4.69) is 31.0 Å². The van der Waals surface area contributed by atoms with Crippen molar-refractivity contribution in [2.24, 2.45) is 0 Å². The van der Waals surface area contributed by atoms with E-state index in [-0.39, 0.29) is 5.91 Å². The number of nitrogens with zero attached hydrogens (tertiary/aromatic N) is 1. The Hall–Kier alpha value is -1.55. The highest BCUT2D eigenvalue weighted by molar-refractivity contribution is 5.93. The molecule has 0 saturated heterocycles. The summed E-state index contributed by atoms with van der Waals surface area (Å²) in [5.74, 6) is 0.0256. The van der Waals surface area contributed by atoms with Gasteiger partial charge in [0.15, 0.2) is 0 Å². The molecule has 0 radical (unpaired) electrons. The second-order valence-electron chi connectivity index (χ2n) is 5.53. The number of hydrogen-bond donors (Lipinski definition) is 2. The number of amides is 1. The van der Waals surface area contributed by atoms with Crippen LogP contribution in [0.15, 0.2) is 24.3 Å². The molecule has 118 valence electrons. The van der Waals surface area contributed by atoms with Crippen LogP contribution >= 0.6 is 0 Å². The van der Waals surface area contributed by atoms with Gasteiger partial charge in [-0.2, -0.15) is 0 Å². The molecule has 1 unspecified atom stereocenters. The van der Waals surface area contributed by atoms with Gasteiger partial charge in [0.1, 0.15) is 0 Å². The predicted molar refractivity (Wildman–Crippen MR) is 90.3 cm³/mol. The van der Waals surface area contributed by atoms with Crippen LogP contribution in [0.4, 0.5) is 11.4 Å². The van der Waals surface area contributed by atoms with Gasteiger partial charge in [-0.05, 0) is 38.4 Å². The first kappa shape index (κ1) is 17.5. The van der Waals surface area contributed by atoms with Gasteiger partial charge in [0, 0.05) is 19.0 Å². The van der Waals surface area contributed by atoms with E-state index in [1.807, 2.05) is 18.2 Å². The second-order valence-corrected chi connectivity index (χ2v) is 5.53. The molecule has 0 saturated carbocycles. The van der Waals surface area contributed by atoms with Crippen LogP contribution in [0.1, 0.15) is 46.5 Å². The van der Waals surface area contributed by atoms with Gasteiger partial charge in [-0.15, -0.1) is 0 Å². The number of para-hydroxylation sites is 2. The first-order valence-corrected chi connectivity index (χ1v) is 7.96. The molecule has 0 aliphatic carbocycles. The summed E-state index contributed by atoms with van der Waals surface area (Å²) in [6.07, 6.45) is 3.97. The lowest BCUT2D eigenvalue weighted by Crippen LogP contribution is -2.36. The zero-order chi connectivity index (χ0) is 15.7. The van der Waals surface area contributed by atoms with Crippen molar-refractivity contribution in [2.45, 2.75) is 52.5 Å². The van der Waals surface area contributed by atoms with Crippen LogP contribution in [0.3, 0.4) is 0 Å². The zero-order valence-corrected chi connectivity index (χ0v) is 13.6. The van der Waals surface area contributed by atoms with E-state index in [0.717, 1.165) is 19.5 Å². The highest BCUT2D eigenvalue weighted by Crippen LogP contribution is 2.17. The maximum absolute atomic E-state index is 12.1. The lowest BCUT2D eigenvalue weighted by atomic mass is 10.2. The first-order valence-electron chi connectivity index (χ1n) is 7.96. The van der Waals surface area contributed by atoms with Crippen molar-refractivity contribution < 1.29 is 4.79 Å². The Kier molecular flexibility index (Phi) is 7.83. The lowest BCUT2D eigenvalue weighted by Gasteiger charge is -2.28. The number of nitrogens with one attached hydrogen (secondary N) is 1. The fraction of sp³-hybridized carbons (Fsp3) is 0.588. The lowest BCUT2D eigenvalue weighted by molar-refractivity contribution is -0.116. The number of rotatable bonds is 9. The van der Waals surface area contributed by atoms with Crippen LogP contribution in [0.2, 0.25) is 0 Å². The molecule has 1 amide bonds. The molecule has 3 N–H and O–H groups in total. The average molecular weight is 291 g/mol. The van der Waals surface area contributed by atoms with Crippen LogP contribution in [0, 0.1) is 0 Å². The molecule has 1 atom stereocenters. The summed E-state index contributed by atoms with van der Waals surface area (Å²) in [5.41, 5.74) is 7.14. The van der Waals surface area contributed by atoms with Crippen LogP contribution < -0.4 is 11.1 Å². The maximum Gasteiger partial charge on any atom is 0.225 e. The summed E-state index contributed by atoms with van der Waals surface area (Å²) in [6.45, 7) is 8.47. The van der Waals surface area contributed by atoms with Gasteiger partial charge in [0.05, 0.1) is 11.4 Å². The van der Waals surface area contributed by atoms with Crippen LogP contribution in [0.5, 0.6) is 0 Å². The van der Waals surface area contributed by atoms with Gasteiger partial charge < -0.3 is 16.0 Å². The molecule has 0 bridgehead atoms. The van der Waals surface area contributed by atoms with E-state index in [4.69, 9.17) is 5.73 Å². The molecule has 0 spiro atoms. The molecule has 0 aliphatic heterocycles. The Balaban J connectivity index is 2.47. The Bertz CT molecular complexity index is 434. The molecular formula is C17H29N3O. The molecule has 0 aromatic heterocycles. The Morgan fingerprint density at radius 3 is 2.62 bits per heavy atom. The van der Waals surface area contributed by atoms with Crippen molar-refractivity contribution in [3.63, 3.8) is 0 Å². The molecule has 4 heteroatoms. The van der Waals surface area contributed by atoms with Gasteiger partial charge in [-0.25, -0.2) is 0 Å². The van der Waals surface area contributed by atoms with Crippen LogP contribution in [-0.4, -0.2) is 29.9 Å². The van der Waals surface area contributed by atoms with Gasteiger partial charge in [0.25, 0.3) is 0 Å². The maximum atomic E-state index is 12.1. The molecule has 0 fully saturated rings. The van der Waals surface area contributed by atoms with E-state index < -0.39 is 0 Å². The molecule has 0 aliphatic rings. The van der Waals surface area contributed by atoms with Crippen molar-refractivity contribution in [2.75, 3.05) is 24.1 Å². The number of hydrogen-bond acceptors (Lipinski definition) is 3. The second kappa shape index (κ2) is 9.40. The minimum atomic E-state index is 0.0256. The van der Waals surface area contributed by atoms with Gasteiger partial charge in [-0.3, -0.25) is 4.79 Å². The quantitative estimate of drug-likeness (QED) is 0.685. The first-order chi connectivity index (χ1) is 10.1. The van der Waals surface area contributed by atoms with E-state index in [0.29, 0.717) is 23.8 Å². The van der Waals surface area contributed by atoms with Gasteiger partial charge in [0.2, 0.25) is 5.91 Å². The third kappa shape index (κ3) is 6.17. The third-order valence-electron chi connectivity index (χ3n) is 3.87. The number of carbonyl (C=O) groups excluding carboxylic acids is 1. The zero-order valence-electron chi connectivity index (χ0n) is 13.6. The van der Waals surface area contributed by atoms with Crippen LogP contribution in [0.25, 0.3) is 0 Å². The number of anilines is 2. The summed E-state index contributed by atoms with van der Waals surface area (Å²) in [6, 6.07) is 7.88. The SMILES string of the molecule is CCCCN(CCC(=O)Nc1ccccc1N)C(C)CC. The average Bonchev–Trinajstić information content (AvgIpc) is 2.49. The molecule has 1 aromatic rings. The smallest absolute Gasteiger partial charge is 0.225 e. The summed E-state index contributed by atoms with van der Waals surface area (Å²) < 4.78 is 0. The van der Waals surface area contributed by atoms with Crippen molar-refractivity contribution in [3.8, 4) is 0 Å². The standard InChI is InChI=1S/C17H29N3O/c1-4-6-12-20(14(3)5-2)13-11-17(21)19-16-10-8-7-9-15(16)18/h7-10,14H,4-6,11-13,18H2,1-3H3,(H,19,21). The molecule has 4 nitrogen and oxygen atoms in total. The van der Waals surface area contributed by atoms with Crippen molar-refractivity contribution >= 4 is 17.3 Å². The van der Waals surface area contributed by atoms with Crippen molar-refractivity contribution in [1.29, 1.82) is 0 Å². The monoisotopic (exact) mass is 291 g/mol. The summed E-state index contributed by atoms with van der Waals surface area (Å²) in [7, 11) is 0. The largest absolute Gasteiger partial charge is 0.397 e. The number of benzene rings is 1. The number of carbonyl (C=O) groups is 1. The Morgan fingerprint density at radius 2 is 2.00 bits per heavy atom. The summed E-state index contributed by atoms with van der Waals surface area (Å²) >= 11 is 0. The molecule has 0 heterocycles.